The van der Waals surface area contributed by atoms with E-state index in [1.165, 1.54) is 0 Å². The molecule has 1 heterocycles. The minimum absolute atomic E-state index is 0.0000950. The predicted octanol–water partition coefficient (Wildman–Crippen LogP) is 2.36. The van der Waals surface area contributed by atoms with Crippen LogP contribution in [0.2, 0.25) is 0 Å². The highest BCUT2D eigenvalue weighted by Crippen LogP contribution is 2.33. The minimum atomic E-state index is -0.0000950. The van der Waals surface area contributed by atoms with Gasteiger partial charge in [0.05, 0.1) is 5.69 Å². The Morgan fingerprint density at radius 1 is 1.55 bits per heavy atom. The van der Waals surface area contributed by atoms with Crippen molar-refractivity contribution in [1.82, 2.24) is 0 Å². The number of rotatable bonds is 5. The van der Waals surface area contributed by atoms with Crippen molar-refractivity contribution in [2.45, 2.75) is 6.42 Å². The number of benzene rings is 1. The molecule has 1 saturated heterocycles. The molecule has 1 amide bonds. The molecule has 0 N–H and O–H groups in total. The highest BCUT2D eigenvalue weighted by Gasteiger charge is 2.31. The molecule has 102 valence electrons. The van der Waals surface area contributed by atoms with E-state index in [1.54, 1.807) is 11.0 Å². The number of azide groups is 1. The van der Waals surface area contributed by atoms with Crippen LogP contribution in [0.25, 0.3) is 10.4 Å². The van der Waals surface area contributed by atoms with Gasteiger partial charge in [0.25, 0.3) is 0 Å². The lowest BCUT2D eigenvalue weighted by molar-refractivity contribution is -0.117. The van der Waals surface area contributed by atoms with Crippen molar-refractivity contribution in [2.75, 3.05) is 24.6 Å². The molecule has 20 heavy (non-hydrogen) atoms. The van der Waals surface area contributed by atoms with E-state index in [1.807, 2.05) is 18.2 Å². The Kier molecular flexibility index (Phi) is 4.48. The quantitative estimate of drug-likeness (QED) is 0.356. The van der Waals surface area contributed by atoms with Crippen LogP contribution in [0.15, 0.2) is 29.4 Å². The smallest absolute Gasteiger partial charge is 0.227 e. The van der Waals surface area contributed by atoms with Crippen LogP contribution in [-0.4, -0.2) is 25.6 Å². The van der Waals surface area contributed by atoms with E-state index < -0.39 is 0 Å². The zero-order chi connectivity index (χ0) is 14.4. The fourth-order valence-electron chi connectivity index (χ4n) is 2.21. The van der Waals surface area contributed by atoms with E-state index in [0.717, 1.165) is 0 Å². The Labute approximate surface area is 117 Å². The highest BCUT2D eigenvalue weighted by molar-refractivity contribution is 5.97. The third-order valence-corrected chi connectivity index (χ3v) is 3.08. The molecule has 1 atom stereocenters. The van der Waals surface area contributed by atoms with Gasteiger partial charge in [-0.05, 0) is 23.6 Å². The zero-order valence-corrected chi connectivity index (χ0v) is 10.9. The molecule has 0 bridgehead atoms. The Bertz CT molecular complexity index is 587. The minimum Gasteiger partial charge on any atom is -0.479 e. The van der Waals surface area contributed by atoms with Crippen LogP contribution in [0, 0.1) is 18.3 Å². The van der Waals surface area contributed by atoms with E-state index in [-0.39, 0.29) is 18.4 Å². The molecule has 1 aliphatic rings. The standard InChI is InChI=1S/C14H14N4O2/c1-2-7-20-13-6-4-3-5-12(13)18-10-11(8-14(18)19)9-16-17-15/h1,3-6,11H,7-10H2. The summed E-state index contributed by atoms with van der Waals surface area (Å²) in [6, 6.07) is 7.26. The van der Waals surface area contributed by atoms with Crippen molar-refractivity contribution in [3.8, 4) is 18.1 Å². The summed E-state index contributed by atoms with van der Waals surface area (Å²) in [5.74, 6) is 3.03. The molecular weight excluding hydrogens is 256 g/mol. The van der Waals surface area contributed by atoms with E-state index in [9.17, 15) is 4.79 Å². The topological polar surface area (TPSA) is 78.3 Å². The summed E-state index contributed by atoms with van der Waals surface area (Å²) >= 11 is 0. The second-order valence-corrected chi connectivity index (χ2v) is 4.45. The maximum Gasteiger partial charge on any atom is 0.227 e. The van der Waals surface area contributed by atoms with Gasteiger partial charge in [0.2, 0.25) is 5.91 Å². The first-order valence-corrected chi connectivity index (χ1v) is 6.22. The molecule has 1 aromatic carbocycles. The first-order chi connectivity index (χ1) is 9.76. The number of carbonyl (C=O) groups is 1. The van der Waals surface area contributed by atoms with Gasteiger partial charge >= 0.3 is 0 Å². The lowest BCUT2D eigenvalue weighted by atomic mass is 10.1. The maximum atomic E-state index is 12.1. The van der Waals surface area contributed by atoms with Crippen LogP contribution in [0.4, 0.5) is 5.69 Å². The number of amides is 1. The van der Waals surface area contributed by atoms with Gasteiger partial charge in [-0.25, -0.2) is 0 Å². The molecule has 0 saturated carbocycles. The third kappa shape index (κ3) is 3.02. The van der Waals surface area contributed by atoms with E-state index in [0.29, 0.717) is 30.9 Å². The molecule has 1 aromatic rings. The Balaban J connectivity index is 2.17. The number of carbonyl (C=O) groups excluding carboxylic acids is 1. The van der Waals surface area contributed by atoms with Gasteiger partial charge < -0.3 is 9.64 Å². The zero-order valence-electron chi connectivity index (χ0n) is 10.9. The molecule has 1 fully saturated rings. The van der Waals surface area contributed by atoms with Crippen LogP contribution < -0.4 is 9.64 Å². The van der Waals surface area contributed by atoms with Gasteiger partial charge in [-0.1, -0.05) is 23.2 Å². The van der Waals surface area contributed by atoms with Crippen molar-refractivity contribution >= 4 is 11.6 Å². The highest BCUT2D eigenvalue weighted by atomic mass is 16.5. The molecule has 2 rings (SSSR count). The van der Waals surface area contributed by atoms with Crippen molar-refractivity contribution < 1.29 is 9.53 Å². The number of hydrogen-bond acceptors (Lipinski definition) is 3. The normalized spacial score (nSPS) is 17.4. The molecule has 0 radical (unpaired) electrons. The Morgan fingerprint density at radius 3 is 3.10 bits per heavy atom. The van der Waals surface area contributed by atoms with Crippen molar-refractivity contribution in [3.05, 3.63) is 34.7 Å². The molecule has 6 heteroatoms. The van der Waals surface area contributed by atoms with Gasteiger partial charge in [-0.15, -0.1) is 6.42 Å². The second kappa shape index (κ2) is 6.50. The number of terminal acetylenes is 1. The molecule has 1 aliphatic heterocycles. The van der Waals surface area contributed by atoms with Crippen LogP contribution in [0.1, 0.15) is 6.42 Å². The molecule has 0 aromatic heterocycles. The van der Waals surface area contributed by atoms with Crippen LogP contribution >= 0.6 is 0 Å². The number of nitrogens with zero attached hydrogens (tertiary/aromatic N) is 4. The molecular formula is C14H14N4O2. The van der Waals surface area contributed by atoms with Gasteiger partial charge in [-0.3, -0.25) is 4.79 Å². The summed E-state index contributed by atoms with van der Waals surface area (Å²) in [7, 11) is 0. The van der Waals surface area contributed by atoms with Crippen LogP contribution in [0.3, 0.4) is 0 Å². The van der Waals surface area contributed by atoms with Crippen LogP contribution in [0.5, 0.6) is 5.75 Å². The number of hydrogen-bond donors (Lipinski definition) is 0. The second-order valence-electron chi connectivity index (χ2n) is 4.45. The van der Waals surface area contributed by atoms with Crippen LogP contribution in [-0.2, 0) is 4.79 Å². The third-order valence-electron chi connectivity index (χ3n) is 3.08. The van der Waals surface area contributed by atoms with Gasteiger partial charge in [0.15, 0.2) is 0 Å². The van der Waals surface area contributed by atoms with E-state index in [4.69, 9.17) is 16.7 Å². The van der Waals surface area contributed by atoms with Crippen molar-refractivity contribution in [1.29, 1.82) is 0 Å². The fraction of sp³-hybridized carbons (Fsp3) is 0.357. The summed E-state index contributed by atoms with van der Waals surface area (Å²) in [5.41, 5.74) is 9.04. The molecule has 0 spiro atoms. The number of ether oxygens (including phenoxy) is 1. The first-order valence-electron chi connectivity index (χ1n) is 6.22. The van der Waals surface area contributed by atoms with Gasteiger partial charge in [0, 0.05) is 24.4 Å². The molecule has 1 unspecified atom stereocenters. The summed E-state index contributed by atoms with van der Waals surface area (Å²) in [6.45, 7) is 1.00. The first kappa shape index (κ1) is 13.8. The summed E-state index contributed by atoms with van der Waals surface area (Å²) < 4.78 is 5.45. The number of para-hydroxylation sites is 2. The monoisotopic (exact) mass is 270 g/mol. The van der Waals surface area contributed by atoms with E-state index >= 15 is 0 Å². The lowest BCUT2D eigenvalue weighted by Crippen LogP contribution is -2.25. The summed E-state index contributed by atoms with van der Waals surface area (Å²) in [6.07, 6.45) is 5.56. The van der Waals surface area contributed by atoms with Gasteiger partial charge in [0.1, 0.15) is 12.4 Å². The SMILES string of the molecule is C#CCOc1ccccc1N1CC(CN=[N+]=[N-])CC1=O. The predicted molar refractivity (Wildman–Crippen MR) is 75.2 cm³/mol. The van der Waals surface area contributed by atoms with Crippen molar-refractivity contribution in [3.63, 3.8) is 0 Å². The Morgan fingerprint density at radius 2 is 2.35 bits per heavy atom. The molecule has 6 nitrogen and oxygen atoms in total. The summed E-state index contributed by atoms with van der Waals surface area (Å²) in [4.78, 5) is 16.5. The maximum absolute atomic E-state index is 12.1. The average Bonchev–Trinajstić information content (AvgIpc) is 2.84. The summed E-state index contributed by atoms with van der Waals surface area (Å²) in [5, 5.41) is 3.53. The van der Waals surface area contributed by atoms with Crippen molar-refractivity contribution in [2.24, 2.45) is 11.0 Å². The average molecular weight is 270 g/mol. The fourth-order valence-corrected chi connectivity index (χ4v) is 2.21. The Hall–Kier alpha value is -2.64. The van der Waals surface area contributed by atoms with E-state index in [2.05, 4.69) is 15.9 Å². The molecule has 0 aliphatic carbocycles. The lowest BCUT2D eigenvalue weighted by Gasteiger charge is -2.19. The number of anilines is 1. The largest absolute Gasteiger partial charge is 0.479 e. The van der Waals surface area contributed by atoms with Gasteiger partial charge in [-0.2, -0.15) is 0 Å².